The van der Waals surface area contributed by atoms with E-state index in [1.807, 2.05) is 51.1 Å². The number of rotatable bonds is 7. The number of nitrogens with one attached hydrogen (secondary N) is 1. The van der Waals surface area contributed by atoms with Crippen LogP contribution in [0.5, 0.6) is 0 Å². The van der Waals surface area contributed by atoms with Crippen LogP contribution in [0, 0.1) is 12.8 Å². The molecule has 0 bridgehead atoms. The van der Waals surface area contributed by atoms with Gasteiger partial charge < -0.3 is 15.0 Å². The normalized spacial score (nSPS) is 12.8. The Balaban J connectivity index is 2.03. The van der Waals surface area contributed by atoms with Gasteiger partial charge in [0.15, 0.2) is 6.10 Å². The van der Waals surface area contributed by atoms with Gasteiger partial charge in [-0.2, -0.15) is 0 Å². The van der Waals surface area contributed by atoms with E-state index in [0.717, 1.165) is 5.56 Å². The van der Waals surface area contributed by atoms with Gasteiger partial charge in [-0.3, -0.25) is 9.59 Å². The number of anilines is 1. The van der Waals surface area contributed by atoms with E-state index in [4.69, 9.17) is 4.74 Å². The Hall–Kier alpha value is -3.15. The molecule has 2 atom stereocenters. The molecular weight excluding hydrogens is 368 g/mol. The van der Waals surface area contributed by atoms with Crippen molar-refractivity contribution in [3.8, 4) is 0 Å². The molecule has 6 heteroatoms. The third kappa shape index (κ3) is 5.91. The average molecular weight is 396 g/mol. The van der Waals surface area contributed by atoms with Crippen molar-refractivity contribution in [2.24, 2.45) is 5.92 Å². The van der Waals surface area contributed by atoms with E-state index in [-0.39, 0.29) is 17.7 Å². The van der Waals surface area contributed by atoms with E-state index in [1.54, 1.807) is 31.3 Å². The molecular formula is C23H28N2O4. The molecule has 0 radical (unpaired) electrons. The second-order valence-electron chi connectivity index (χ2n) is 7.37. The van der Waals surface area contributed by atoms with Crippen LogP contribution in [-0.2, 0) is 14.3 Å². The van der Waals surface area contributed by atoms with Gasteiger partial charge in [0.05, 0.1) is 0 Å². The molecule has 0 saturated heterocycles. The van der Waals surface area contributed by atoms with Crippen molar-refractivity contribution in [1.82, 2.24) is 5.32 Å². The molecule has 1 N–H and O–H groups in total. The number of para-hydroxylation sites is 1. The number of nitrogens with zero attached hydrogens (tertiary/aromatic N) is 1. The second-order valence-corrected chi connectivity index (χ2v) is 7.37. The minimum Gasteiger partial charge on any atom is -0.451 e. The van der Waals surface area contributed by atoms with Crippen LogP contribution in [0.4, 0.5) is 5.69 Å². The molecule has 0 aliphatic carbocycles. The third-order valence-electron chi connectivity index (χ3n) is 4.64. The first kappa shape index (κ1) is 22.1. The summed E-state index contributed by atoms with van der Waals surface area (Å²) in [7, 11) is 1.63. The molecule has 2 amide bonds. The summed E-state index contributed by atoms with van der Waals surface area (Å²) in [6.45, 7) is 7.08. The molecule has 29 heavy (non-hydrogen) atoms. The van der Waals surface area contributed by atoms with Gasteiger partial charge in [-0.1, -0.05) is 49.7 Å². The lowest BCUT2D eigenvalue weighted by Crippen LogP contribution is -2.48. The minimum absolute atomic E-state index is 0.203. The van der Waals surface area contributed by atoms with E-state index in [9.17, 15) is 14.4 Å². The third-order valence-corrected chi connectivity index (χ3v) is 4.64. The van der Waals surface area contributed by atoms with Crippen LogP contribution in [0.2, 0.25) is 0 Å². The number of esters is 1. The molecule has 0 fully saturated rings. The maximum atomic E-state index is 12.7. The molecule has 2 aromatic rings. The summed E-state index contributed by atoms with van der Waals surface area (Å²) >= 11 is 0. The fourth-order valence-electron chi connectivity index (χ4n) is 2.78. The Labute approximate surface area is 171 Å². The SMILES string of the molecule is Cc1ccc(C(=O)N[C@H](C(=O)OC(C)C(=O)N(C)c2ccccc2)C(C)C)cc1. The number of carbonyl (C=O) groups excluding carboxylic acids is 3. The van der Waals surface area contributed by atoms with E-state index in [0.29, 0.717) is 11.3 Å². The Morgan fingerprint density at radius 3 is 2.07 bits per heavy atom. The molecule has 154 valence electrons. The first-order valence-electron chi connectivity index (χ1n) is 9.61. The summed E-state index contributed by atoms with van der Waals surface area (Å²) in [4.78, 5) is 39.2. The smallest absolute Gasteiger partial charge is 0.329 e. The summed E-state index contributed by atoms with van der Waals surface area (Å²) in [6, 6.07) is 15.3. The first-order valence-corrected chi connectivity index (χ1v) is 9.61. The van der Waals surface area contributed by atoms with Crippen molar-refractivity contribution in [3.05, 3.63) is 65.7 Å². The Morgan fingerprint density at radius 2 is 1.52 bits per heavy atom. The quantitative estimate of drug-likeness (QED) is 0.729. The highest BCUT2D eigenvalue weighted by molar-refractivity contribution is 5.99. The first-order chi connectivity index (χ1) is 13.7. The van der Waals surface area contributed by atoms with Crippen LogP contribution < -0.4 is 10.2 Å². The van der Waals surface area contributed by atoms with Gasteiger partial charge in [0, 0.05) is 18.3 Å². The average Bonchev–Trinajstić information content (AvgIpc) is 2.71. The molecule has 2 rings (SSSR count). The van der Waals surface area contributed by atoms with E-state index in [2.05, 4.69) is 5.32 Å². The summed E-state index contributed by atoms with van der Waals surface area (Å²) in [5.74, 6) is -1.55. The van der Waals surface area contributed by atoms with Gasteiger partial charge in [0.25, 0.3) is 11.8 Å². The lowest BCUT2D eigenvalue weighted by molar-refractivity contribution is -0.156. The predicted octanol–water partition coefficient (Wildman–Crippen LogP) is 3.34. The van der Waals surface area contributed by atoms with Gasteiger partial charge in [0.1, 0.15) is 6.04 Å². The number of aryl methyl sites for hydroxylation is 1. The van der Waals surface area contributed by atoms with Gasteiger partial charge in [0.2, 0.25) is 0 Å². The van der Waals surface area contributed by atoms with Gasteiger partial charge in [-0.15, -0.1) is 0 Å². The van der Waals surface area contributed by atoms with Crippen molar-refractivity contribution in [1.29, 1.82) is 0 Å². The fourth-order valence-corrected chi connectivity index (χ4v) is 2.78. The second kappa shape index (κ2) is 9.87. The lowest BCUT2D eigenvalue weighted by atomic mass is 10.0. The Morgan fingerprint density at radius 1 is 0.931 bits per heavy atom. The van der Waals surface area contributed by atoms with Crippen LogP contribution in [0.15, 0.2) is 54.6 Å². The summed E-state index contributed by atoms with van der Waals surface area (Å²) < 4.78 is 5.39. The molecule has 1 unspecified atom stereocenters. The highest BCUT2D eigenvalue weighted by Gasteiger charge is 2.30. The number of benzene rings is 2. The summed E-state index contributed by atoms with van der Waals surface area (Å²) in [6.07, 6.45) is -0.981. The Bertz CT molecular complexity index is 847. The zero-order chi connectivity index (χ0) is 21.6. The number of carbonyl (C=O) groups is 3. The minimum atomic E-state index is -0.981. The van der Waals surface area contributed by atoms with E-state index in [1.165, 1.54) is 11.8 Å². The van der Waals surface area contributed by atoms with Crippen LogP contribution in [0.1, 0.15) is 36.7 Å². The number of hydrogen-bond acceptors (Lipinski definition) is 4. The van der Waals surface area contributed by atoms with Gasteiger partial charge in [-0.25, -0.2) is 4.79 Å². The zero-order valence-corrected chi connectivity index (χ0v) is 17.5. The maximum absolute atomic E-state index is 12.7. The van der Waals surface area contributed by atoms with Crippen molar-refractivity contribution < 1.29 is 19.1 Å². The molecule has 0 aromatic heterocycles. The maximum Gasteiger partial charge on any atom is 0.329 e. The largest absolute Gasteiger partial charge is 0.451 e. The van der Waals surface area contributed by atoms with Crippen LogP contribution in [0.25, 0.3) is 0 Å². The molecule has 0 aliphatic rings. The highest BCUT2D eigenvalue weighted by Crippen LogP contribution is 2.14. The zero-order valence-electron chi connectivity index (χ0n) is 17.5. The number of likely N-dealkylation sites (N-methyl/N-ethyl adjacent to an activating group) is 1. The molecule has 6 nitrogen and oxygen atoms in total. The van der Waals surface area contributed by atoms with Gasteiger partial charge >= 0.3 is 5.97 Å². The van der Waals surface area contributed by atoms with Crippen LogP contribution >= 0.6 is 0 Å². The molecule has 0 heterocycles. The standard InChI is InChI=1S/C23H28N2O4/c1-15(2)20(24-21(26)18-13-11-16(3)12-14-18)23(28)29-17(4)22(27)25(5)19-9-7-6-8-10-19/h6-15,17,20H,1-5H3,(H,24,26)/t17?,20-/m0/s1. The number of ether oxygens (including phenoxy) is 1. The van der Waals surface area contributed by atoms with Crippen molar-refractivity contribution in [3.63, 3.8) is 0 Å². The van der Waals surface area contributed by atoms with Crippen molar-refractivity contribution >= 4 is 23.5 Å². The Kier molecular flexibility index (Phi) is 7.53. The number of amides is 2. The fraction of sp³-hybridized carbons (Fsp3) is 0.348. The monoisotopic (exact) mass is 396 g/mol. The molecule has 0 spiro atoms. The molecule has 0 saturated carbocycles. The van der Waals surface area contributed by atoms with Crippen LogP contribution in [0.3, 0.4) is 0 Å². The van der Waals surface area contributed by atoms with Crippen molar-refractivity contribution in [2.45, 2.75) is 39.8 Å². The number of hydrogen-bond donors (Lipinski definition) is 1. The highest BCUT2D eigenvalue weighted by atomic mass is 16.5. The molecule has 2 aromatic carbocycles. The topological polar surface area (TPSA) is 75.7 Å². The lowest BCUT2D eigenvalue weighted by Gasteiger charge is -2.25. The van der Waals surface area contributed by atoms with Gasteiger partial charge in [-0.05, 0) is 44.0 Å². The van der Waals surface area contributed by atoms with E-state index >= 15 is 0 Å². The van der Waals surface area contributed by atoms with E-state index < -0.39 is 18.1 Å². The summed E-state index contributed by atoms with van der Waals surface area (Å²) in [5, 5.41) is 2.72. The van der Waals surface area contributed by atoms with Crippen LogP contribution in [-0.4, -0.2) is 37.0 Å². The van der Waals surface area contributed by atoms with Crippen molar-refractivity contribution in [2.75, 3.05) is 11.9 Å². The predicted molar refractivity (Wildman–Crippen MR) is 113 cm³/mol. The molecule has 0 aliphatic heterocycles. The summed E-state index contributed by atoms with van der Waals surface area (Å²) in [5.41, 5.74) is 2.20.